The molecule has 0 fully saturated rings. The molecular formula is C24H21ClFN3O3. The predicted octanol–water partition coefficient (Wildman–Crippen LogP) is 5.77. The zero-order valence-electron chi connectivity index (χ0n) is 17.6. The summed E-state index contributed by atoms with van der Waals surface area (Å²) in [6, 6.07) is 13.3. The van der Waals surface area contributed by atoms with Crippen LogP contribution in [0.3, 0.4) is 0 Å². The molecule has 0 atom stereocenters. The van der Waals surface area contributed by atoms with E-state index in [4.69, 9.17) is 20.8 Å². The van der Waals surface area contributed by atoms with Gasteiger partial charge in [0, 0.05) is 11.2 Å². The lowest BCUT2D eigenvalue weighted by Gasteiger charge is -2.06. The highest BCUT2D eigenvalue weighted by Gasteiger charge is 2.13. The highest BCUT2D eigenvalue weighted by Crippen LogP contribution is 2.20. The Hall–Kier alpha value is -3.58. The largest absolute Gasteiger partial charge is 0.486 e. The molecule has 4 rings (SSSR count). The van der Waals surface area contributed by atoms with Gasteiger partial charge in [0.1, 0.15) is 23.9 Å². The number of aromatic nitrogens is 2. The van der Waals surface area contributed by atoms with Crippen LogP contribution in [0.1, 0.15) is 33.0 Å². The molecule has 0 aliphatic heterocycles. The number of ether oxygens (including phenoxy) is 1. The molecule has 0 saturated heterocycles. The van der Waals surface area contributed by atoms with Gasteiger partial charge in [0.15, 0.2) is 5.76 Å². The van der Waals surface area contributed by atoms with Crippen molar-refractivity contribution < 1.29 is 18.3 Å². The van der Waals surface area contributed by atoms with Crippen LogP contribution in [0.15, 0.2) is 65.3 Å². The summed E-state index contributed by atoms with van der Waals surface area (Å²) in [6.07, 6.45) is 3.17. The van der Waals surface area contributed by atoms with E-state index in [2.05, 4.69) is 10.4 Å². The molecule has 8 heteroatoms. The third kappa shape index (κ3) is 5.18. The van der Waals surface area contributed by atoms with Gasteiger partial charge in [-0.15, -0.1) is 0 Å². The molecule has 1 amide bonds. The molecule has 2 heterocycles. The van der Waals surface area contributed by atoms with Crippen molar-refractivity contribution in [2.24, 2.45) is 0 Å². The zero-order valence-corrected chi connectivity index (χ0v) is 18.3. The third-order valence-electron chi connectivity index (χ3n) is 4.98. The van der Waals surface area contributed by atoms with Crippen LogP contribution in [-0.2, 0) is 13.2 Å². The first-order chi connectivity index (χ1) is 15.4. The van der Waals surface area contributed by atoms with E-state index in [1.807, 2.05) is 32.0 Å². The van der Waals surface area contributed by atoms with Gasteiger partial charge in [0.2, 0.25) is 0 Å². The molecule has 2 aromatic heterocycles. The number of carbonyl (C=O) groups excluding carboxylic acids is 1. The lowest BCUT2D eigenvalue weighted by molar-refractivity contribution is 0.0992. The maximum atomic E-state index is 13.2. The minimum absolute atomic E-state index is 0.165. The van der Waals surface area contributed by atoms with Gasteiger partial charge in [0.05, 0.1) is 18.4 Å². The normalized spacial score (nSPS) is 10.9. The number of nitrogens with one attached hydrogen (secondary N) is 1. The van der Waals surface area contributed by atoms with Gasteiger partial charge in [-0.3, -0.25) is 9.48 Å². The minimum Gasteiger partial charge on any atom is -0.486 e. The fraction of sp³-hybridized carbons (Fsp3) is 0.167. The number of rotatable bonds is 7. The Morgan fingerprint density at radius 1 is 1.16 bits per heavy atom. The van der Waals surface area contributed by atoms with E-state index in [1.165, 1.54) is 23.9 Å². The molecule has 0 aliphatic rings. The number of hydrogen-bond acceptors (Lipinski definition) is 4. The summed E-state index contributed by atoms with van der Waals surface area (Å²) >= 11 is 6.06. The van der Waals surface area contributed by atoms with Crippen molar-refractivity contribution in [1.82, 2.24) is 9.78 Å². The van der Waals surface area contributed by atoms with Gasteiger partial charge in [-0.2, -0.15) is 5.10 Å². The molecule has 0 bridgehead atoms. The van der Waals surface area contributed by atoms with Crippen molar-refractivity contribution >= 4 is 23.2 Å². The second kappa shape index (κ2) is 9.28. The molecule has 6 nitrogen and oxygen atoms in total. The van der Waals surface area contributed by atoms with Crippen LogP contribution < -0.4 is 10.1 Å². The number of hydrogen-bond donors (Lipinski definition) is 1. The number of furan rings is 1. The molecule has 32 heavy (non-hydrogen) atoms. The maximum absolute atomic E-state index is 13.2. The fourth-order valence-electron chi connectivity index (χ4n) is 3.07. The predicted molar refractivity (Wildman–Crippen MR) is 120 cm³/mol. The molecule has 1 N–H and O–H groups in total. The van der Waals surface area contributed by atoms with Gasteiger partial charge in [0.25, 0.3) is 5.91 Å². The van der Waals surface area contributed by atoms with E-state index in [0.29, 0.717) is 28.6 Å². The standard InChI is InChI=1S/C24H21ClFN3O3/c1-15-3-6-20(9-16(15)2)31-14-21-7-8-23(32-21)24(30)28-19-11-27-29(13-19)12-17-4-5-18(26)10-22(17)25/h3-11,13H,12,14H2,1-2H3,(H,28,30). The first-order valence-corrected chi connectivity index (χ1v) is 10.3. The number of aryl methyl sites for hydroxylation is 2. The Bertz CT molecular complexity index is 1270. The van der Waals surface area contributed by atoms with Crippen LogP contribution in [0.5, 0.6) is 5.75 Å². The summed E-state index contributed by atoms with van der Waals surface area (Å²) in [5.74, 6) is 0.642. The van der Waals surface area contributed by atoms with Crippen molar-refractivity contribution in [3.8, 4) is 5.75 Å². The molecule has 0 spiro atoms. The maximum Gasteiger partial charge on any atom is 0.291 e. The van der Waals surface area contributed by atoms with Crippen LogP contribution in [0.25, 0.3) is 0 Å². The highest BCUT2D eigenvalue weighted by atomic mass is 35.5. The number of anilines is 1. The van der Waals surface area contributed by atoms with Crippen molar-refractivity contribution in [3.63, 3.8) is 0 Å². The van der Waals surface area contributed by atoms with E-state index in [1.54, 1.807) is 29.1 Å². The molecule has 0 aliphatic carbocycles. The molecular weight excluding hydrogens is 433 g/mol. The van der Waals surface area contributed by atoms with E-state index in [0.717, 1.165) is 11.3 Å². The molecule has 164 valence electrons. The van der Waals surface area contributed by atoms with Crippen LogP contribution >= 0.6 is 11.6 Å². The van der Waals surface area contributed by atoms with Crippen LogP contribution in [-0.4, -0.2) is 15.7 Å². The van der Waals surface area contributed by atoms with Crippen molar-refractivity contribution in [2.75, 3.05) is 5.32 Å². The van der Waals surface area contributed by atoms with Gasteiger partial charge in [-0.1, -0.05) is 23.7 Å². The van der Waals surface area contributed by atoms with E-state index < -0.39 is 11.7 Å². The topological polar surface area (TPSA) is 69.3 Å². The zero-order chi connectivity index (χ0) is 22.7. The first kappa shape index (κ1) is 21.6. The monoisotopic (exact) mass is 453 g/mol. The second-order valence-corrected chi connectivity index (χ2v) is 7.82. The average molecular weight is 454 g/mol. The quantitative estimate of drug-likeness (QED) is 0.386. The van der Waals surface area contributed by atoms with E-state index in [-0.39, 0.29) is 12.4 Å². The Balaban J connectivity index is 1.34. The second-order valence-electron chi connectivity index (χ2n) is 7.42. The summed E-state index contributed by atoms with van der Waals surface area (Å²) < 4.78 is 26.1. The Kier molecular flexibility index (Phi) is 6.28. The van der Waals surface area contributed by atoms with Crippen LogP contribution in [0.2, 0.25) is 5.02 Å². The molecule has 0 unspecified atom stereocenters. The van der Waals surface area contributed by atoms with Crippen molar-refractivity contribution in [2.45, 2.75) is 27.0 Å². The summed E-state index contributed by atoms with van der Waals surface area (Å²) in [4.78, 5) is 12.5. The van der Waals surface area contributed by atoms with Gasteiger partial charge in [-0.25, -0.2) is 4.39 Å². The average Bonchev–Trinajstić information content (AvgIpc) is 3.40. The molecule has 2 aromatic carbocycles. The Morgan fingerprint density at radius 2 is 2.00 bits per heavy atom. The van der Waals surface area contributed by atoms with Gasteiger partial charge < -0.3 is 14.5 Å². The molecule has 0 saturated carbocycles. The summed E-state index contributed by atoms with van der Waals surface area (Å²) in [5, 5.41) is 7.26. The smallest absolute Gasteiger partial charge is 0.291 e. The molecule has 4 aromatic rings. The summed E-state index contributed by atoms with van der Waals surface area (Å²) in [5.41, 5.74) is 3.55. The number of halogens is 2. The summed E-state index contributed by atoms with van der Waals surface area (Å²) in [7, 11) is 0. The first-order valence-electron chi connectivity index (χ1n) is 9.94. The highest BCUT2D eigenvalue weighted by molar-refractivity contribution is 6.31. The van der Waals surface area contributed by atoms with Gasteiger partial charge >= 0.3 is 0 Å². The lowest BCUT2D eigenvalue weighted by Crippen LogP contribution is -2.10. The number of benzene rings is 2. The van der Waals surface area contributed by atoms with E-state index in [9.17, 15) is 9.18 Å². The Labute approximate surface area is 189 Å². The van der Waals surface area contributed by atoms with Crippen molar-refractivity contribution in [3.05, 3.63) is 100.0 Å². The third-order valence-corrected chi connectivity index (χ3v) is 5.34. The molecule has 0 radical (unpaired) electrons. The minimum atomic E-state index is -0.401. The fourth-order valence-corrected chi connectivity index (χ4v) is 3.29. The van der Waals surface area contributed by atoms with E-state index >= 15 is 0 Å². The summed E-state index contributed by atoms with van der Waals surface area (Å²) in [6.45, 7) is 4.62. The number of nitrogens with zero attached hydrogens (tertiary/aromatic N) is 2. The van der Waals surface area contributed by atoms with Crippen LogP contribution in [0, 0.1) is 19.7 Å². The number of carbonyl (C=O) groups is 1. The Morgan fingerprint density at radius 3 is 2.78 bits per heavy atom. The lowest BCUT2D eigenvalue weighted by atomic mass is 10.1. The van der Waals surface area contributed by atoms with Gasteiger partial charge in [-0.05, 0) is 66.9 Å². The van der Waals surface area contributed by atoms with Crippen molar-refractivity contribution in [1.29, 1.82) is 0 Å². The van der Waals surface area contributed by atoms with Crippen LogP contribution in [0.4, 0.5) is 10.1 Å². The SMILES string of the molecule is Cc1ccc(OCc2ccc(C(=O)Nc3cnn(Cc4ccc(F)cc4Cl)c3)o2)cc1C. The number of amides is 1.